The summed E-state index contributed by atoms with van der Waals surface area (Å²) in [7, 11) is 0. The number of carbonyl (C=O) groups excluding carboxylic acids is 2. The van der Waals surface area contributed by atoms with Crippen LogP contribution in [-0.4, -0.2) is 55.9 Å². The fourth-order valence-corrected chi connectivity index (χ4v) is 4.64. The van der Waals surface area contributed by atoms with Gasteiger partial charge in [-0.3, -0.25) is 0 Å². The molecular weight excluding hydrogens is 454 g/mol. The number of nitrogens with one attached hydrogen (secondary N) is 1. The molecule has 0 bridgehead atoms. The number of benzene rings is 1. The third kappa shape index (κ3) is 7.99. The van der Waals surface area contributed by atoms with E-state index in [1.54, 1.807) is 32.1 Å². The van der Waals surface area contributed by atoms with Crippen molar-refractivity contribution in [2.75, 3.05) is 37.8 Å². The summed E-state index contributed by atoms with van der Waals surface area (Å²) in [5.41, 5.74) is 2.99. The topological polar surface area (TPSA) is 90.0 Å². The fraction of sp³-hybridized carbons (Fsp3) is 0.560. The van der Waals surface area contributed by atoms with Gasteiger partial charge in [0, 0.05) is 37.4 Å². The summed E-state index contributed by atoms with van der Waals surface area (Å²) >= 11 is 1.72. The zero-order valence-electron chi connectivity index (χ0n) is 20.5. The number of thiazole rings is 1. The number of morpholine rings is 1. The molecule has 1 aromatic heterocycles. The van der Waals surface area contributed by atoms with E-state index in [0.29, 0.717) is 32.4 Å². The number of anilines is 1. The lowest BCUT2D eigenvalue weighted by Crippen LogP contribution is -2.36. The molecule has 1 aliphatic heterocycles. The number of aromatic nitrogens is 1. The number of alkyl carbamates (subject to hydrolysis) is 1. The number of ether oxygens (including phenoxy) is 3. The Balaban J connectivity index is 1.60. The number of ketones is 1. The highest BCUT2D eigenvalue weighted by Crippen LogP contribution is 2.27. The lowest BCUT2D eigenvalue weighted by molar-refractivity contribution is -0.116. The van der Waals surface area contributed by atoms with Gasteiger partial charge in [0.1, 0.15) is 11.5 Å². The van der Waals surface area contributed by atoms with Gasteiger partial charge in [-0.15, -0.1) is 11.3 Å². The molecular formula is C25H35N3O5S. The van der Waals surface area contributed by atoms with E-state index in [1.165, 1.54) is 4.88 Å². The molecule has 186 valence electrons. The molecule has 1 aromatic carbocycles. The number of nitrogens with zero attached hydrogens (tertiary/aromatic N) is 2. The Hall–Kier alpha value is -2.65. The van der Waals surface area contributed by atoms with E-state index in [9.17, 15) is 9.59 Å². The van der Waals surface area contributed by atoms with Crippen LogP contribution in [0.5, 0.6) is 5.75 Å². The minimum Gasteiger partial charge on any atom is -0.493 e. The largest absolute Gasteiger partial charge is 0.493 e. The predicted molar refractivity (Wildman–Crippen MR) is 133 cm³/mol. The maximum atomic E-state index is 11.9. The molecule has 1 N–H and O–H groups in total. The Labute approximate surface area is 205 Å². The molecule has 0 unspecified atom stereocenters. The number of amides is 1. The first kappa shape index (κ1) is 26.0. The highest BCUT2D eigenvalue weighted by molar-refractivity contribution is 7.15. The fourth-order valence-electron chi connectivity index (χ4n) is 3.63. The molecule has 8 nitrogen and oxygen atoms in total. The van der Waals surface area contributed by atoms with Crippen molar-refractivity contribution < 1.29 is 23.8 Å². The molecule has 3 rings (SSSR count). The van der Waals surface area contributed by atoms with Gasteiger partial charge in [-0.25, -0.2) is 9.78 Å². The van der Waals surface area contributed by atoms with E-state index in [1.807, 2.05) is 18.2 Å². The van der Waals surface area contributed by atoms with Gasteiger partial charge < -0.3 is 29.2 Å². The smallest absolute Gasteiger partial charge is 0.407 e. The predicted octanol–water partition coefficient (Wildman–Crippen LogP) is 4.07. The summed E-state index contributed by atoms with van der Waals surface area (Å²) in [5, 5.41) is 3.83. The summed E-state index contributed by atoms with van der Waals surface area (Å²) in [5.74, 6) is 0.857. The van der Waals surface area contributed by atoms with Gasteiger partial charge in [-0.1, -0.05) is 6.07 Å². The first-order chi connectivity index (χ1) is 16.3. The Morgan fingerprint density at radius 1 is 1.21 bits per heavy atom. The zero-order chi connectivity index (χ0) is 24.5. The molecule has 1 amide bonds. The molecule has 0 atom stereocenters. The van der Waals surface area contributed by atoms with Gasteiger partial charge in [0.2, 0.25) is 0 Å². The molecule has 0 aliphatic carbocycles. The summed E-state index contributed by atoms with van der Waals surface area (Å²) < 4.78 is 16.6. The number of hydrogen-bond acceptors (Lipinski definition) is 8. The summed E-state index contributed by atoms with van der Waals surface area (Å²) in [6, 6.07) is 5.81. The van der Waals surface area contributed by atoms with E-state index in [2.05, 4.69) is 17.1 Å². The van der Waals surface area contributed by atoms with Gasteiger partial charge in [0.25, 0.3) is 0 Å². The third-order valence-corrected chi connectivity index (χ3v) is 6.53. The normalized spacial score (nSPS) is 13.7. The number of Topliss-reactive ketones (excluding diaryl/α,β-unsaturated/α-hetero) is 1. The summed E-state index contributed by atoms with van der Waals surface area (Å²) in [6.07, 6.45) is 1.14. The lowest BCUT2D eigenvalue weighted by atomic mass is 10.0. The maximum Gasteiger partial charge on any atom is 0.407 e. The van der Waals surface area contributed by atoms with E-state index in [-0.39, 0.29) is 11.9 Å². The number of carbonyl (C=O) groups is 2. The molecule has 9 heteroatoms. The van der Waals surface area contributed by atoms with Crippen LogP contribution >= 0.6 is 11.3 Å². The van der Waals surface area contributed by atoms with Crippen LogP contribution in [0.4, 0.5) is 9.93 Å². The van der Waals surface area contributed by atoms with Crippen molar-refractivity contribution in [3.8, 4) is 5.75 Å². The van der Waals surface area contributed by atoms with Gasteiger partial charge in [0.05, 0.1) is 31.6 Å². The average Bonchev–Trinajstić information content (AvgIpc) is 3.17. The average molecular weight is 490 g/mol. The maximum absolute atomic E-state index is 11.9. The lowest BCUT2D eigenvalue weighted by Gasteiger charge is -2.26. The Kier molecular flexibility index (Phi) is 9.71. The quantitative estimate of drug-likeness (QED) is 0.509. The Morgan fingerprint density at radius 2 is 1.97 bits per heavy atom. The van der Waals surface area contributed by atoms with E-state index in [4.69, 9.17) is 19.2 Å². The van der Waals surface area contributed by atoms with Crippen molar-refractivity contribution in [3.05, 3.63) is 39.9 Å². The molecule has 1 fully saturated rings. The standard InChI is InChI=1S/C25H35N3O5S/c1-17(2)33-25(30)26-16-21-15-22(8-7-20(21)6-5-18(3)29)32-12-9-23-19(4)34-24(27-23)28-10-13-31-14-11-28/h7-8,15,17H,5-6,9-14,16H2,1-4H3,(H,26,30). The SMILES string of the molecule is CC(=O)CCc1ccc(OCCc2nc(N3CCOCC3)sc2C)cc1CNC(=O)OC(C)C. The molecule has 1 saturated heterocycles. The van der Waals surface area contributed by atoms with Crippen molar-refractivity contribution in [1.29, 1.82) is 0 Å². The first-order valence-electron chi connectivity index (χ1n) is 11.8. The second-order valence-corrected chi connectivity index (χ2v) is 9.82. The molecule has 2 heterocycles. The monoisotopic (exact) mass is 489 g/mol. The van der Waals surface area contributed by atoms with Crippen molar-refractivity contribution >= 4 is 28.3 Å². The highest BCUT2D eigenvalue weighted by Gasteiger charge is 2.17. The molecule has 34 heavy (non-hydrogen) atoms. The van der Waals surface area contributed by atoms with Crippen LogP contribution in [-0.2, 0) is 33.7 Å². The summed E-state index contributed by atoms with van der Waals surface area (Å²) in [6.45, 7) is 11.3. The van der Waals surface area contributed by atoms with Crippen molar-refractivity contribution in [2.45, 2.75) is 59.6 Å². The van der Waals surface area contributed by atoms with Crippen LogP contribution in [0.25, 0.3) is 0 Å². The van der Waals surface area contributed by atoms with E-state index in [0.717, 1.165) is 54.0 Å². The minimum atomic E-state index is -0.464. The van der Waals surface area contributed by atoms with Gasteiger partial charge in [-0.05, 0) is 57.4 Å². The second kappa shape index (κ2) is 12.7. The molecule has 0 saturated carbocycles. The zero-order valence-corrected chi connectivity index (χ0v) is 21.3. The van der Waals surface area contributed by atoms with E-state index >= 15 is 0 Å². The van der Waals surface area contributed by atoms with E-state index < -0.39 is 6.09 Å². The summed E-state index contributed by atoms with van der Waals surface area (Å²) in [4.78, 5) is 31.7. The van der Waals surface area contributed by atoms with Gasteiger partial charge >= 0.3 is 6.09 Å². The second-order valence-electron chi connectivity index (χ2n) is 8.64. The van der Waals surface area contributed by atoms with Crippen molar-refractivity contribution in [3.63, 3.8) is 0 Å². The highest BCUT2D eigenvalue weighted by atomic mass is 32.1. The van der Waals surface area contributed by atoms with Gasteiger partial charge in [-0.2, -0.15) is 0 Å². The van der Waals surface area contributed by atoms with Crippen LogP contribution in [0.15, 0.2) is 18.2 Å². The third-order valence-electron chi connectivity index (χ3n) is 5.46. The molecule has 2 aromatic rings. The first-order valence-corrected chi connectivity index (χ1v) is 12.6. The minimum absolute atomic E-state index is 0.133. The number of hydrogen-bond donors (Lipinski definition) is 1. The van der Waals surface area contributed by atoms with Crippen LogP contribution in [0, 0.1) is 6.92 Å². The van der Waals surface area contributed by atoms with Crippen LogP contribution < -0.4 is 15.0 Å². The molecule has 0 radical (unpaired) electrons. The molecule has 0 spiro atoms. The Morgan fingerprint density at radius 3 is 2.68 bits per heavy atom. The van der Waals surface area contributed by atoms with Crippen LogP contribution in [0.3, 0.4) is 0 Å². The number of rotatable bonds is 11. The van der Waals surface area contributed by atoms with Gasteiger partial charge in [0.15, 0.2) is 5.13 Å². The number of aryl methyl sites for hydroxylation is 2. The van der Waals surface area contributed by atoms with Crippen molar-refractivity contribution in [1.82, 2.24) is 10.3 Å². The van der Waals surface area contributed by atoms with Crippen LogP contribution in [0.1, 0.15) is 48.9 Å². The Bertz CT molecular complexity index is 969. The molecule has 1 aliphatic rings. The van der Waals surface area contributed by atoms with Crippen molar-refractivity contribution in [2.24, 2.45) is 0 Å². The van der Waals surface area contributed by atoms with Crippen LogP contribution in [0.2, 0.25) is 0 Å².